The maximum Gasteiger partial charge on any atom is 1.00 e. The Labute approximate surface area is 453 Å². The van der Waals surface area contributed by atoms with E-state index in [-0.39, 0.29) is 141 Å². The van der Waals surface area contributed by atoms with Crippen LogP contribution in [-0.4, -0.2) is 57.4 Å². The van der Waals surface area contributed by atoms with Crippen LogP contribution in [0.1, 0.15) is 75.1 Å². The molecule has 0 spiro atoms. The summed E-state index contributed by atoms with van der Waals surface area (Å²) >= 11 is 3.15. The monoisotopic (exact) mass is 957 g/mol. The van der Waals surface area contributed by atoms with E-state index in [1.165, 1.54) is 30.9 Å². The fourth-order valence-electron chi connectivity index (χ4n) is 4.56. The second kappa shape index (κ2) is 44.8. The number of nitrogens with zero attached hydrogens (tertiary/aromatic N) is 2. The molecule has 0 aliphatic rings. The standard InChI is InChI=1S/C15H17NO2.C12H13N.C6H7N.C6H10O2.C2H5Br.CH2O3.2CO2.2K.H/c1-4-18-15(17)13-7-5-6-8-14(13)16-11(2)9-10-12(16)3;1-10-8-9-11(2)13(10)12-6-4-3-5-7-12;7-6-4-2-1-3-5-6;1-5(7)3-4-6(2)8;1-2-3;2-1-4-3;2*2-1-3;;;/h5-10H,4H2,1-3H3;3-9H,1-2H3;1-5H,7H2;3-4H2,1-2H3;2H2,1H3;1,3H;;;;;/q;;;;;;;;2*+1;-1/p-1. The van der Waals surface area contributed by atoms with Gasteiger partial charge in [0.1, 0.15) is 11.6 Å². The van der Waals surface area contributed by atoms with Crippen LogP contribution in [0.2, 0.25) is 0 Å². The van der Waals surface area contributed by atoms with Crippen LogP contribution in [0.5, 0.6) is 0 Å². The number of aryl methyl sites for hydroxylation is 4. The number of Topliss-reactive ketones (excluding diaryl/α,β-unsaturated/α-hetero) is 2. The quantitative estimate of drug-likeness (QED) is 0.0445. The van der Waals surface area contributed by atoms with E-state index in [9.17, 15) is 14.4 Å². The molecule has 5 aromatic rings. The van der Waals surface area contributed by atoms with E-state index in [0.29, 0.717) is 25.0 Å². The predicted octanol–water partition coefficient (Wildman–Crippen LogP) is 1.37. The first kappa shape index (κ1) is 66.9. The Hall–Kier alpha value is -3.23. The van der Waals surface area contributed by atoms with Crippen LogP contribution >= 0.6 is 15.9 Å². The van der Waals surface area contributed by atoms with Gasteiger partial charge in [-0.1, -0.05) is 71.4 Å². The molecule has 2 aromatic heterocycles. The van der Waals surface area contributed by atoms with Crippen LogP contribution in [0.3, 0.4) is 0 Å². The molecule has 0 aliphatic carbocycles. The topological polar surface area (TPSA) is 214 Å². The van der Waals surface area contributed by atoms with Crippen molar-refractivity contribution in [2.45, 2.75) is 68.2 Å². The first-order valence-corrected chi connectivity index (χ1v) is 18.9. The number of ketones is 2. The van der Waals surface area contributed by atoms with Gasteiger partial charge in [-0.3, -0.25) is 4.79 Å². The van der Waals surface area contributed by atoms with Crippen molar-refractivity contribution < 1.29 is 157 Å². The van der Waals surface area contributed by atoms with Gasteiger partial charge < -0.3 is 40.8 Å². The van der Waals surface area contributed by atoms with Crippen molar-refractivity contribution in [1.29, 1.82) is 0 Å². The number of para-hydroxylation sites is 3. The molecule has 2 N–H and O–H groups in total. The van der Waals surface area contributed by atoms with E-state index in [1.807, 2.05) is 94.4 Å². The smallest absolute Gasteiger partial charge is 1.00 e. The van der Waals surface area contributed by atoms with E-state index in [2.05, 4.69) is 80.2 Å². The molecule has 0 fully saturated rings. The second-order valence-electron chi connectivity index (χ2n) is 11.4. The fourth-order valence-corrected chi connectivity index (χ4v) is 4.56. The Bertz CT molecular complexity index is 1920. The van der Waals surface area contributed by atoms with Crippen molar-refractivity contribution in [3.63, 3.8) is 0 Å². The first-order valence-electron chi connectivity index (χ1n) is 17.8. The Morgan fingerprint density at radius 3 is 1.31 bits per heavy atom. The van der Waals surface area contributed by atoms with Crippen molar-refractivity contribution in [3.05, 3.63) is 138 Å². The molecule has 17 heteroatoms. The van der Waals surface area contributed by atoms with E-state index < -0.39 is 0 Å². The van der Waals surface area contributed by atoms with Crippen molar-refractivity contribution in [3.8, 4) is 11.4 Å². The normalized spacial score (nSPS) is 8.30. The number of benzene rings is 3. The average molecular weight is 959 g/mol. The van der Waals surface area contributed by atoms with Crippen LogP contribution in [0.25, 0.3) is 11.4 Å². The predicted molar refractivity (Wildman–Crippen MR) is 226 cm³/mol. The molecule has 0 aliphatic heterocycles. The third kappa shape index (κ3) is 34.0. The Balaban J connectivity index is -0.000000158. The van der Waals surface area contributed by atoms with Crippen LogP contribution < -0.4 is 114 Å². The van der Waals surface area contributed by atoms with Crippen LogP contribution in [-0.2, 0) is 43.2 Å². The van der Waals surface area contributed by atoms with Crippen LogP contribution in [0, 0.1) is 27.7 Å². The molecule has 320 valence electrons. The summed E-state index contributed by atoms with van der Waals surface area (Å²) in [5, 5.41) is 9.49. The Morgan fingerprint density at radius 1 is 0.672 bits per heavy atom. The number of hydrogen-bond acceptors (Lipinski definition) is 12. The number of hydrogen-bond donors (Lipinski definition) is 1. The van der Waals surface area contributed by atoms with E-state index >= 15 is 0 Å². The molecule has 0 saturated heterocycles. The number of anilines is 1. The van der Waals surface area contributed by atoms with Crippen molar-refractivity contribution >= 4 is 57.9 Å². The maximum absolute atomic E-state index is 11.9. The van der Waals surface area contributed by atoms with Gasteiger partial charge in [-0.2, -0.15) is 19.2 Å². The number of aromatic nitrogens is 2. The van der Waals surface area contributed by atoms with Gasteiger partial charge >= 0.3 is 121 Å². The minimum Gasteiger partial charge on any atom is -1.00 e. The third-order valence-electron chi connectivity index (χ3n) is 6.86. The van der Waals surface area contributed by atoms with Gasteiger partial charge in [0, 0.05) is 52.3 Å². The summed E-state index contributed by atoms with van der Waals surface area (Å²) < 4.78 is 9.41. The Morgan fingerprint density at radius 2 is 1.00 bits per heavy atom. The average Bonchev–Trinajstić information content (AvgIpc) is 3.74. The summed E-state index contributed by atoms with van der Waals surface area (Å²) in [5.41, 5.74) is 13.7. The molecule has 0 atom stereocenters. The minimum absolute atomic E-state index is 0. The number of nitrogen functional groups attached to an aromatic ring is 1. The SMILES string of the molecule is CC(=O)CCC(C)=O.CCBr.CCOC(=O)c1ccccc1-n1c(C)ccc1C.Cc1ccc(C)n1-c1ccccc1.Nc1ccccc1.O=C=O.O=C=O.O=CO[O-].[H-].[K+].[K+]. The van der Waals surface area contributed by atoms with Gasteiger partial charge in [0.05, 0.1) is 17.9 Å². The maximum atomic E-state index is 11.9. The zero-order chi connectivity index (χ0) is 45.6. The Kier molecular flexibility index (Phi) is 49.1. The molecule has 0 radical (unpaired) electrons. The molecule has 5 rings (SSSR count). The zero-order valence-electron chi connectivity index (χ0n) is 37.6. The number of carbonyl (C=O) groups is 4. The second-order valence-corrected chi connectivity index (χ2v) is 12.5. The summed E-state index contributed by atoms with van der Waals surface area (Å²) in [5.74, 6) is -0.110. The molecule has 0 unspecified atom stereocenters. The van der Waals surface area contributed by atoms with Gasteiger partial charge in [-0.15, -0.1) is 0 Å². The van der Waals surface area contributed by atoms with Crippen LogP contribution in [0.4, 0.5) is 5.69 Å². The number of carbonyl (C=O) groups excluding carboxylic acids is 8. The first-order chi connectivity index (χ1) is 28.1. The zero-order valence-corrected chi connectivity index (χ0v) is 44.5. The number of alkyl halides is 1. The number of nitrogens with two attached hydrogens (primary N) is 1. The molecule has 2 heterocycles. The molecular weight excluding hydrogens is 905 g/mol. The summed E-state index contributed by atoms with van der Waals surface area (Å²) in [6.45, 7) is 15.3. The summed E-state index contributed by atoms with van der Waals surface area (Å²) in [6.07, 6.45) is 1.30. The largest absolute Gasteiger partial charge is 1.00 e. The molecule has 14 nitrogen and oxygen atoms in total. The van der Waals surface area contributed by atoms with Gasteiger partial charge in [-0.25, -0.2) is 4.79 Å². The summed E-state index contributed by atoms with van der Waals surface area (Å²) in [7, 11) is 0. The molecule has 0 amide bonds. The summed E-state index contributed by atoms with van der Waals surface area (Å²) in [4.78, 5) is 76.1. The van der Waals surface area contributed by atoms with E-state index in [0.717, 1.165) is 28.1 Å². The van der Waals surface area contributed by atoms with E-state index in [4.69, 9.17) is 39.7 Å². The van der Waals surface area contributed by atoms with E-state index in [1.54, 1.807) is 6.07 Å². The molecule has 0 saturated carbocycles. The van der Waals surface area contributed by atoms with Crippen LogP contribution in [0.15, 0.2) is 109 Å². The molecular formula is C44H54BrK2N3O11. The molecule has 0 bridgehead atoms. The third-order valence-corrected chi connectivity index (χ3v) is 6.86. The van der Waals surface area contributed by atoms with Gasteiger partial charge in [0.15, 0.2) is 0 Å². The number of ether oxygens (including phenoxy) is 1. The fraction of sp³-hybridized carbons (Fsp3) is 0.273. The molecule has 61 heavy (non-hydrogen) atoms. The number of esters is 1. The molecule has 3 aromatic carbocycles. The van der Waals surface area contributed by atoms with Gasteiger partial charge in [0.25, 0.3) is 6.47 Å². The number of halogens is 1. The van der Waals surface area contributed by atoms with Gasteiger partial charge in [-0.05, 0) is 109 Å². The summed E-state index contributed by atoms with van der Waals surface area (Å²) in [6, 6.07) is 35.8. The number of rotatable bonds is 8. The van der Waals surface area contributed by atoms with Crippen molar-refractivity contribution in [2.24, 2.45) is 0 Å². The van der Waals surface area contributed by atoms with Crippen molar-refractivity contribution in [2.75, 3.05) is 17.7 Å². The van der Waals surface area contributed by atoms with Crippen molar-refractivity contribution in [1.82, 2.24) is 9.13 Å². The minimum atomic E-state index is -0.277. The van der Waals surface area contributed by atoms with Gasteiger partial charge in [0.2, 0.25) is 0 Å².